The first-order valence-electron chi connectivity index (χ1n) is 5.21. The Morgan fingerprint density at radius 3 is 2.60 bits per heavy atom. The summed E-state index contributed by atoms with van der Waals surface area (Å²) in [5.41, 5.74) is 1.20. The second kappa shape index (κ2) is 3.80. The molecule has 0 aromatic heterocycles. The zero-order chi connectivity index (χ0) is 11.1. The summed E-state index contributed by atoms with van der Waals surface area (Å²) in [4.78, 5) is 2.27. The van der Waals surface area contributed by atoms with Crippen LogP contribution in [0.5, 0.6) is 0 Å². The van der Waals surface area contributed by atoms with Crippen molar-refractivity contribution in [1.82, 2.24) is 0 Å². The quantitative estimate of drug-likeness (QED) is 0.848. The van der Waals surface area contributed by atoms with Crippen LogP contribution in [0.15, 0.2) is 28.7 Å². The maximum atomic E-state index is 9.73. The van der Waals surface area contributed by atoms with Crippen molar-refractivity contribution in [2.45, 2.75) is 31.9 Å². The van der Waals surface area contributed by atoms with E-state index in [1.807, 2.05) is 18.2 Å². The monoisotopic (exact) mass is 269 g/mol. The third-order valence-corrected chi connectivity index (χ3v) is 3.67. The highest BCUT2D eigenvalue weighted by atomic mass is 79.9. The molecule has 2 rings (SSSR count). The molecule has 0 spiro atoms. The van der Waals surface area contributed by atoms with Crippen LogP contribution in [0.1, 0.15) is 20.3 Å². The van der Waals surface area contributed by atoms with Gasteiger partial charge in [-0.15, -0.1) is 0 Å². The Balaban J connectivity index is 2.36. The lowest BCUT2D eigenvalue weighted by Gasteiger charge is -2.34. The molecule has 15 heavy (non-hydrogen) atoms. The van der Waals surface area contributed by atoms with Gasteiger partial charge in [-0.3, -0.25) is 0 Å². The summed E-state index contributed by atoms with van der Waals surface area (Å²) >= 11 is 3.55. The minimum Gasteiger partial charge on any atom is -0.391 e. The summed E-state index contributed by atoms with van der Waals surface area (Å²) in [5.74, 6) is 0. The van der Waals surface area contributed by atoms with Crippen LogP contribution >= 0.6 is 15.9 Å². The molecule has 1 aromatic rings. The van der Waals surface area contributed by atoms with Gasteiger partial charge in [0.2, 0.25) is 0 Å². The number of para-hydroxylation sites is 1. The van der Waals surface area contributed by atoms with Crippen LogP contribution in [-0.4, -0.2) is 23.3 Å². The van der Waals surface area contributed by atoms with E-state index in [0.29, 0.717) is 0 Å². The molecular weight excluding hydrogens is 254 g/mol. The number of rotatable bonds is 1. The van der Waals surface area contributed by atoms with Gasteiger partial charge in [0, 0.05) is 16.6 Å². The van der Waals surface area contributed by atoms with Crippen molar-refractivity contribution in [2.75, 3.05) is 11.4 Å². The fourth-order valence-electron chi connectivity index (χ4n) is 2.30. The molecule has 1 aromatic carbocycles. The highest BCUT2D eigenvalue weighted by molar-refractivity contribution is 9.10. The first kappa shape index (κ1) is 11.0. The molecule has 1 heterocycles. The molecule has 3 heteroatoms. The van der Waals surface area contributed by atoms with Crippen LogP contribution < -0.4 is 4.90 Å². The highest BCUT2D eigenvalue weighted by Crippen LogP contribution is 2.37. The molecular formula is C12H16BrNO. The topological polar surface area (TPSA) is 23.5 Å². The van der Waals surface area contributed by atoms with Gasteiger partial charge in [0.25, 0.3) is 0 Å². The average Bonchev–Trinajstić information content (AvgIpc) is 2.40. The Hall–Kier alpha value is -0.540. The van der Waals surface area contributed by atoms with Crippen molar-refractivity contribution in [3.8, 4) is 0 Å². The van der Waals surface area contributed by atoms with E-state index in [9.17, 15) is 5.11 Å². The second-order valence-electron chi connectivity index (χ2n) is 4.73. The largest absolute Gasteiger partial charge is 0.391 e. The molecule has 1 fully saturated rings. The number of anilines is 1. The fourth-order valence-corrected chi connectivity index (χ4v) is 2.80. The molecule has 1 aliphatic heterocycles. The minimum absolute atomic E-state index is 0.0310. The highest BCUT2D eigenvalue weighted by Gasteiger charge is 2.38. The maximum Gasteiger partial charge on any atom is 0.0737 e. The SMILES string of the molecule is CC1(C)CC(O)CN1c1ccccc1Br. The van der Waals surface area contributed by atoms with E-state index >= 15 is 0 Å². The van der Waals surface area contributed by atoms with Gasteiger partial charge in [0.05, 0.1) is 11.8 Å². The Bertz CT molecular complexity index is 364. The summed E-state index contributed by atoms with van der Waals surface area (Å²) in [6.07, 6.45) is 0.612. The van der Waals surface area contributed by atoms with E-state index in [4.69, 9.17) is 0 Å². The van der Waals surface area contributed by atoms with E-state index in [1.165, 1.54) is 5.69 Å². The number of nitrogens with zero attached hydrogens (tertiary/aromatic N) is 1. The minimum atomic E-state index is -0.216. The molecule has 0 aliphatic carbocycles. The van der Waals surface area contributed by atoms with Gasteiger partial charge in [-0.1, -0.05) is 12.1 Å². The van der Waals surface area contributed by atoms with Crippen molar-refractivity contribution >= 4 is 21.6 Å². The van der Waals surface area contributed by atoms with E-state index in [1.54, 1.807) is 0 Å². The lowest BCUT2D eigenvalue weighted by molar-refractivity contribution is 0.188. The lowest BCUT2D eigenvalue weighted by Crippen LogP contribution is -2.38. The Morgan fingerprint density at radius 2 is 2.07 bits per heavy atom. The third kappa shape index (κ3) is 2.04. The van der Waals surface area contributed by atoms with E-state index in [0.717, 1.165) is 17.4 Å². The fraction of sp³-hybridized carbons (Fsp3) is 0.500. The molecule has 1 atom stereocenters. The molecule has 1 saturated heterocycles. The van der Waals surface area contributed by atoms with Gasteiger partial charge in [0.1, 0.15) is 0 Å². The lowest BCUT2D eigenvalue weighted by atomic mass is 10.0. The van der Waals surface area contributed by atoms with Gasteiger partial charge in [-0.05, 0) is 48.3 Å². The van der Waals surface area contributed by atoms with E-state index < -0.39 is 0 Å². The molecule has 1 aliphatic rings. The normalized spacial score (nSPS) is 24.5. The number of hydrogen-bond acceptors (Lipinski definition) is 2. The number of β-amino-alcohol motifs (C(OH)–C–C–N with tert-alkyl or cyclic N) is 1. The Labute approximate surface area is 99.0 Å². The average molecular weight is 270 g/mol. The van der Waals surface area contributed by atoms with Crippen molar-refractivity contribution in [2.24, 2.45) is 0 Å². The van der Waals surface area contributed by atoms with Gasteiger partial charge in [0.15, 0.2) is 0 Å². The van der Waals surface area contributed by atoms with Crippen LogP contribution in [0.3, 0.4) is 0 Å². The van der Waals surface area contributed by atoms with Gasteiger partial charge >= 0.3 is 0 Å². The number of hydrogen-bond donors (Lipinski definition) is 1. The standard InChI is InChI=1S/C12H16BrNO/c1-12(2)7-9(15)8-14(12)11-6-4-3-5-10(11)13/h3-6,9,15H,7-8H2,1-2H3. The molecule has 1 unspecified atom stereocenters. The summed E-state index contributed by atoms with van der Waals surface area (Å²) in [6, 6.07) is 8.16. The molecule has 0 bridgehead atoms. The first-order chi connectivity index (χ1) is 7.00. The van der Waals surface area contributed by atoms with Crippen molar-refractivity contribution < 1.29 is 5.11 Å². The number of halogens is 1. The summed E-state index contributed by atoms with van der Waals surface area (Å²) < 4.78 is 1.09. The zero-order valence-electron chi connectivity index (χ0n) is 9.07. The predicted octanol–water partition coefficient (Wildman–Crippen LogP) is 2.80. The number of aliphatic hydroxyl groups is 1. The molecule has 82 valence electrons. The van der Waals surface area contributed by atoms with E-state index in [2.05, 4.69) is 40.7 Å². The van der Waals surface area contributed by atoms with Crippen molar-refractivity contribution in [3.63, 3.8) is 0 Å². The van der Waals surface area contributed by atoms with Crippen LogP contribution in [0.2, 0.25) is 0 Å². The molecule has 0 radical (unpaired) electrons. The molecule has 0 saturated carbocycles. The zero-order valence-corrected chi connectivity index (χ0v) is 10.7. The Kier molecular flexibility index (Phi) is 2.77. The third-order valence-electron chi connectivity index (χ3n) is 3.00. The van der Waals surface area contributed by atoms with Crippen LogP contribution in [-0.2, 0) is 0 Å². The second-order valence-corrected chi connectivity index (χ2v) is 5.59. The van der Waals surface area contributed by atoms with Gasteiger partial charge < -0.3 is 10.0 Å². The summed E-state index contributed by atoms with van der Waals surface area (Å²) in [6.45, 7) is 5.06. The predicted molar refractivity (Wildman–Crippen MR) is 66.2 cm³/mol. The number of benzene rings is 1. The van der Waals surface area contributed by atoms with Gasteiger partial charge in [-0.25, -0.2) is 0 Å². The summed E-state index contributed by atoms with van der Waals surface area (Å²) in [5, 5.41) is 9.73. The van der Waals surface area contributed by atoms with Crippen molar-refractivity contribution in [3.05, 3.63) is 28.7 Å². The first-order valence-corrected chi connectivity index (χ1v) is 6.00. The molecule has 2 nitrogen and oxygen atoms in total. The van der Waals surface area contributed by atoms with Gasteiger partial charge in [-0.2, -0.15) is 0 Å². The smallest absolute Gasteiger partial charge is 0.0737 e. The van der Waals surface area contributed by atoms with Crippen LogP contribution in [0.4, 0.5) is 5.69 Å². The maximum absolute atomic E-state index is 9.73. The van der Waals surface area contributed by atoms with Crippen LogP contribution in [0.25, 0.3) is 0 Å². The Morgan fingerprint density at radius 1 is 1.40 bits per heavy atom. The van der Waals surface area contributed by atoms with Crippen LogP contribution in [0, 0.1) is 0 Å². The molecule has 1 N–H and O–H groups in total. The van der Waals surface area contributed by atoms with E-state index in [-0.39, 0.29) is 11.6 Å². The van der Waals surface area contributed by atoms with Crippen molar-refractivity contribution in [1.29, 1.82) is 0 Å². The number of aliphatic hydroxyl groups excluding tert-OH is 1. The summed E-state index contributed by atoms with van der Waals surface area (Å²) in [7, 11) is 0. The molecule has 0 amide bonds.